The van der Waals surface area contributed by atoms with Gasteiger partial charge in [-0.2, -0.15) is 5.10 Å². The molecule has 0 fully saturated rings. The number of carbonyl (C=O) groups excluding carboxylic acids is 2. The molecule has 0 saturated carbocycles. The van der Waals surface area contributed by atoms with Gasteiger partial charge in [-0.05, 0) is 23.8 Å². The van der Waals surface area contributed by atoms with Crippen LogP contribution in [0.4, 0.5) is 5.82 Å². The zero-order chi connectivity index (χ0) is 16.9. The van der Waals surface area contributed by atoms with Crippen LogP contribution in [0.5, 0.6) is 0 Å². The van der Waals surface area contributed by atoms with E-state index in [1.807, 2.05) is 30.3 Å². The topological polar surface area (TPSA) is 84.1 Å². The molecule has 3 aromatic rings. The van der Waals surface area contributed by atoms with Crippen molar-refractivity contribution in [3.8, 4) is 11.1 Å². The van der Waals surface area contributed by atoms with Crippen molar-refractivity contribution in [2.45, 2.75) is 0 Å². The van der Waals surface area contributed by atoms with Crippen molar-refractivity contribution >= 4 is 17.7 Å². The minimum atomic E-state index is -0.490. The zero-order valence-corrected chi connectivity index (χ0v) is 12.9. The number of benzene rings is 2. The van der Waals surface area contributed by atoms with E-state index in [1.165, 1.54) is 13.2 Å². The standard InChI is InChI=1S/C18H15N3O3/c1-24-18(23)14-9-5-8-13(10-14)17(22)20-16-15(11-19-21-16)12-6-3-2-4-7-12/h2-11H,1H3,(H2,19,20,21,22). The Bertz CT molecular complexity index is 872. The van der Waals surface area contributed by atoms with Crippen molar-refractivity contribution in [3.63, 3.8) is 0 Å². The maximum atomic E-state index is 12.4. The fourth-order valence-corrected chi connectivity index (χ4v) is 2.31. The van der Waals surface area contributed by atoms with Crippen molar-refractivity contribution in [1.29, 1.82) is 0 Å². The largest absolute Gasteiger partial charge is 0.465 e. The Kier molecular flexibility index (Phi) is 4.38. The number of nitrogens with one attached hydrogen (secondary N) is 2. The average Bonchev–Trinajstić information content (AvgIpc) is 3.10. The van der Waals surface area contributed by atoms with E-state index in [4.69, 9.17) is 0 Å². The van der Waals surface area contributed by atoms with Gasteiger partial charge in [0, 0.05) is 11.1 Å². The number of aromatic amines is 1. The molecule has 0 spiro atoms. The average molecular weight is 321 g/mol. The van der Waals surface area contributed by atoms with Gasteiger partial charge >= 0.3 is 5.97 Å². The molecule has 1 aromatic heterocycles. The van der Waals surface area contributed by atoms with E-state index >= 15 is 0 Å². The van der Waals surface area contributed by atoms with Gasteiger partial charge in [-0.1, -0.05) is 36.4 Å². The number of methoxy groups -OCH3 is 1. The molecule has 0 radical (unpaired) electrons. The number of hydrogen-bond acceptors (Lipinski definition) is 4. The second kappa shape index (κ2) is 6.78. The summed E-state index contributed by atoms with van der Waals surface area (Å²) in [6.07, 6.45) is 1.65. The van der Waals surface area contributed by atoms with Crippen molar-refractivity contribution in [1.82, 2.24) is 10.2 Å². The van der Waals surface area contributed by atoms with Crippen LogP contribution in [0, 0.1) is 0 Å². The lowest BCUT2D eigenvalue weighted by molar-refractivity contribution is 0.0600. The van der Waals surface area contributed by atoms with Crippen molar-refractivity contribution in [2.75, 3.05) is 12.4 Å². The highest BCUT2D eigenvalue weighted by Gasteiger charge is 2.14. The number of hydrogen-bond donors (Lipinski definition) is 2. The van der Waals surface area contributed by atoms with Crippen molar-refractivity contribution in [3.05, 3.63) is 71.9 Å². The van der Waals surface area contributed by atoms with Crippen LogP contribution >= 0.6 is 0 Å². The first-order valence-corrected chi connectivity index (χ1v) is 7.27. The molecular weight excluding hydrogens is 306 g/mol. The molecule has 1 amide bonds. The third-order valence-electron chi connectivity index (χ3n) is 3.51. The third kappa shape index (κ3) is 3.17. The number of ether oxygens (including phenoxy) is 1. The summed E-state index contributed by atoms with van der Waals surface area (Å²) < 4.78 is 4.67. The molecule has 0 bridgehead atoms. The predicted molar refractivity (Wildman–Crippen MR) is 89.8 cm³/mol. The molecule has 0 saturated heterocycles. The normalized spacial score (nSPS) is 10.2. The van der Waals surface area contributed by atoms with Gasteiger partial charge < -0.3 is 10.1 Å². The van der Waals surface area contributed by atoms with Crippen LogP contribution in [0.3, 0.4) is 0 Å². The van der Waals surface area contributed by atoms with E-state index in [0.717, 1.165) is 11.1 Å². The summed E-state index contributed by atoms with van der Waals surface area (Å²) in [6, 6.07) is 15.9. The first-order chi connectivity index (χ1) is 11.7. The SMILES string of the molecule is COC(=O)c1cccc(C(=O)Nc2[nH]ncc2-c2ccccc2)c1. The summed E-state index contributed by atoms with van der Waals surface area (Å²) >= 11 is 0. The monoisotopic (exact) mass is 321 g/mol. The van der Waals surface area contributed by atoms with Gasteiger partial charge in [-0.25, -0.2) is 4.79 Å². The first kappa shape index (κ1) is 15.5. The molecule has 2 aromatic carbocycles. The summed E-state index contributed by atoms with van der Waals surface area (Å²) in [6.45, 7) is 0. The molecule has 6 nitrogen and oxygen atoms in total. The molecule has 0 aliphatic carbocycles. The molecule has 0 aliphatic rings. The number of aromatic nitrogens is 2. The van der Waals surface area contributed by atoms with Crippen LogP contribution in [0.15, 0.2) is 60.8 Å². The van der Waals surface area contributed by atoms with Crippen molar-refractivity contribution < 1.29 is 14.3 Å². The fourth-order valence-electron chi connectivity index (χ4n) is 2.31. The van der Waals surface area contributed by atoms with Crippen LogP contribution in [0.2, 0.25) is 0 Å². The lowest BCUT2D eigenvalue weighted by Gasteiger charge is -2.07. The predicted octanol–water partition coefficient (Wildman–Crippen LogP) is 3.12. The van der Waals surface area contributed by atoms with E-state index in [2.05, 4.69) is 20.3 Å². The third-order valence-corrected chi connectivity index (χ3v) is 3.51. The Labute approximate surface area is 138 Å². The van der Waals surface area contributed by atoms with Crippen LogP contribution in [0.1, 0.15) is 20.7 Å². The number of carbonyl (C=O) groups is 2. The van der Waals surface area contributed by atoms with Gasteiger partial charge in [0.1, 0.15) is 5.82 Å². The zero-order valence-electron chi connectivity index (χ0n) is 12.9. The Morgan fingerprint density at radius 1 is 1.04 bits per heavy atom. The van der Waals surface area contributed by atoms with E-state index < -0.39 is 5.97 Å². The van der Waals surface area contributed by atoms with E-state index in [0.29, 0.717) is 16.9 Å². The van der Waals surface area contributed by atoms with Crippen molar-refractivity contribution in [2.24, 2.45) is 0 Å². The number of anilines is 1. The number of rotatable bonds is 4. The second-order valence-electron chi connectivity index (χ2n) is 5.05. The summed E-state index contributed by atoms with van der Waals surface area (Å²) in [5.74, 6) is -0.340. The second-order valence-corrected chi connectivity index (χ2v) is 5.05. The molecule has 0 unspecified atom stereocenters. The van der Waals surface area contributed by atoms with Gasteiger partial charge in [-0.3, -0.25) is 9.89 Å². The lowest BCUT2D eigenvalue weighted by Crippen LogP contribution is -2.14. The van der Waals surface area contributed by atoms with Gasteiger partial charge in [0.25, 0.3) is 5.91 Å². The highest BCUT2D eigenvalue weighted by molar-refractivity contribution is 6.06. The van der Waals surface area contributed by atoms with Crippen LogP contribution in [0.25, 0.3) is 11.1 Å². The van der Waals surface area contributed by atoms with Gasteiger partial charge in [0.15, 0.2) is 0 Å². The first-order valence-electron chi connectivity index (χ1n) is 7.27. The highest BCUT2D eigenvalue weighted by atomic mass is 16.5. The van der Waals surface area contributed by atoms with E-state index in [1.54, 1.807) is 24.4 Å². The van der Waals surface area contributed by atoms with Gasteiger partial charge in [-0.15, -0.1) is 0 Å². The summed E-state index contributed by atoms with van der Waals surface area (Å²) in [5.41, 5.74) is 2.39. The highest BCUT2D eigenvalue weighted by Crippen LogP contribution is 2.25. The molecule has 1 heterocycles. The Morgan fingerprint density at radius 3 is 2.54 bits per heavy atom. The molecule has 0 atom stereocenters. The van der Waals surface area contributed by atoms with Crippen LogP contribution in [-0.4, -0.2) is 29.2 Å². The number of H-pyrrole nitrogens is 1. The molecule has 3 rings (SSSR count). The molecule has 24 heavy (non-hydrogen) atoms. The quantitative estimate of drug-likeness (QED) is 0.723. The Morgan fingerprint density at radius 2 is 1.79 bits per heavy atom. The fraction of sp³-hybridized carbons (Fsp3) is 0.0556. The number of esters is 1. The minimum Gasteiger partial charge on any atom is -0.465 e. The molecule has 6 heteroatoms. The Hall–Kier alpha value is -3.41. The maximum Gasteiger partial charge on any atom is 0.337 e. The van der Waals surface area contributed by atoms with Crippen LogP contribution < -0.4 is 5.32 Å². The Balaban J connectivity index is 1.84. The molecular formula is C18H15N3O3. The molecule has 0 aliphatic heterocycles. The lowest BCUT2D eigenvalue weighted by atomic mass is 10.1. The van der Waals surface area contributed by atoms with Crippen LogP contribution in [-0.2, 0) is 4.74 Å². The summed E-state index contributed by atoms with van der Waals surface area (Å²) in [5, 5.41) is 9.55. The van der Waals surface area contributed by atoms with Gasteiger partial charge in [0.2, 0.25) is 0 Å². The smallest absolute Gasteiger partial charge is 0.337 e. The molecule has 2 N–H and O–H groups in total. The van der Waals surface area contributed by atoms with Gasteiger partial charge in [0.05, 0.1) is 18.9 Å². The maximum absolute atomic E-state index is 12.4. The summed E-state index contributed by atoms with van der Waals surface area (Å²) in [7, 11) is 1.30. The summed E-state index contributed by atoms with van der Waals surface area (Å²) in [4.78, 5) is 24.0. The molecule has 120 valence electrons. The number of nitrogens with zero attached hydrogens (tertiary/aromatic N) is 1. The van der Waals surface area contributed by atoms with E-state index in [-0.39, 0.29) is 5.91 Å². The minimum absolute atomic E-state index is 0.318. The van der Waals surface area contributed by atoms with E-state index in [9.17, 15) is 9.59 Å². The number of amides is 1.